The number of aryl methyl sites for hydroxylation is 2. The first-order valence-corrected chi connectivity index (χ1v) is 10.3. The summed E-state index contributed by atoms with van der Waals surface area (Å²) in [5.41, 5.74) is 4.04. The van der Waals surface area contributed by atoms with Gasteiger partial charge in [0.15, 0.2) is 0 Å². The van der Waals surface area contributed by atoms with Gasteiger partial charge >= 0.3 is 0 Å². The molecule has 0 aliphatic carbocycles. The predicted octanol–water partition coefficient (Wildman–Crippen LogP) is 3.74. The summed E-state index contributed by atoms with van der Waals surface area (Å²) >= 11 is 0. The number of rotatable bonds is 5. The highest BCUT2D eigenvalue weighted by Crippen LogP contribution is 2.27. The molecule has 160 valence electrons. The van der Waals surface area contributed by atoms with Crippen LogP contribution >= 0.6 is 0 Å². The third-order valence-electron chi connectivity index (χ3n) is 5.55. The van der Waals surface area contributed by atoms with Gasteiger partial charge in [0.05, 0.1) is 24.8 Å². The van der Waals surface area contributed by atoms with Crippen LogP contribution < -0.4 is 10.1 Å². The van der Waals surface area contributed by atoms with E-state index in [0.717, 1.165) is 29.1 Å². The molecular formula is C24H26N4O3. The smallest absolute Gasteiger partial charge is 0.254 e. The van der Waals surface area contributed by atoms with E-state index in [9.17, 15) is 9.59 Å². The van der Waals surface area contributed by atoms with Crippen molar-refractivity contribution >= 4 is 17.5 Å². The second-order valence-corrected chi connectivity index (χ2v) is 7.82. The second kappa shape index (κ2) is 8.63. The largest absolute Gasteiger partial charge is 0.495 e. The van der Waals surface area contributed by atoms with Crippen LogP contribution in [0.2, 0.25) is 0 Å². The fourth-order valence-electron chi connectivity index (χ4n) is 3.89. The lowest BCUT2D eigenvalue weighted by molar-refractivity contribution is -0.119. The molecule has 3 aromatic rings. The lowest BCUT2D eigenvalue weighted by Crippen LogP contribution is -2.43. The zero-order valence-corrected chi connectivity index (χ0v) is 18.0. The van der Waals surface area contributed by atoms with Gasteiger partial charge < -0.3 is 19.5 Å². The summed E-state index contributed by atoms with van der Waals surface area (Å²) in [6.07, 6.45) is 5.04. The Kier molecular flexibility index (Phi) is 5.75. The molecule has 1 fully saturated rings. The third-order valence-corrected chi connectivity index (χ3v) is 5.55. The number of imidazole rings is 1. The van der Waals surface area contributed by atoms with E-state index in [4.69, 9.17) is 4.74 Å². The monoisotopic (exact) mass is 418 g/mol. The Morgan fingerprint density at radius 2 is 1.90 bits per heavy atom. The maximum atomic E-state index is 13.3. The third kappa shape index (κ3) is 4.30. The van der Waals surface area contributed by atoms with Gasteiger partial charge in [-0.25, -0.2) is 4.98 Å². The highest BCUT2D eigenvalue weighted by molar-refractivity contribution is 6.01. The highest BCUT2D eigenvalue weighted by atomic mass is 16.5. The van der Waals surface area contributed by atoms with Crippen LogP contribution in [0.5, 0.6) is 5.75 Å². The van der Waals surface area contributed by atoms with Gasteiger partial charge in [-0.2, -0.15) is 0 Å². The maximum Gasteiger partial charge on any atom is 0.254 e. The highest BCUT2D eigenvalue weighted by Gasteiger charge is 2.34. The SMILES string of the molecule is COc1cc(C(=O)N2CCC[C@H]2C(=O)Nc2ccc(C)cc2)ccc1-n1cnc(C)c1. The molecule has 0 bridgehead atoms. The van der Waals surface area contributed by atoms with Crippen molar-refractivity contribution in [3.63, 3.8) is 0 Å². The average molecular weight is 418 g/mol. The number of carbonyl (C=O) groups excluding carboxylic acids is 2. The fraction of sp³-hybridized carbons (Fsp3) is 0.292. The summed E-state index contributed by atoms with van der Waals surface area (Å²) in [4.78, 5) is 32.0. The molecule has 0 radical (unpaired) electrons. The van der Waals surface area contributed by atoms with Gasteiger partial charge in [-0.3, -0.25) is 9.59 Å². The number of benzene rings is 2. The lowest BCUT2D eigenvalue weighted by atomic mass is 10.1. The minimum Gasteiger partial charge on any atom is -0.495 e. The van der Waals surface area contributed by atoms with Crippen LogP contribution in [0, 0.1) is 13.8 Å². The first-order valence-electron chi connectivity index (χ1n) is 10.3. The Morgan fingerprint density at radius 1 is 1.13 bits per heavy atom. The van der Waals surface area contributed by atoms with Gasteiger partial charge in [-0.15, -0.1) is 0 Å². The molecule has 7 nitrogen and oxygen atoms in total. The van der Waals surface area contributed by atoms with Crippen molar-refractivity contribution in [2.45, 2.75) is 32.7 Å². The molecule has 1 aliphatic rings. The molecule has 0 saturated carbocycles. The van der Waals surface area contributed by atoms with E-state index in [1.165, 1.54) is 0 Å². The average Bonchev–Trinajstić information content (AvgIpc) is 3.43. The Morgan fingerprint density at radius 3 is 2.58 bits per heavy atom. The number of anilines is 1. The van der Waals surface area contributed by atoms with Crippen LogP contribution in [0.3, 0.4) is 0 Å². The van der Waals surface area contributed by atoms with Gasteiger partial charge in [0.25, 0.3) is 5.91 Å². The zero-order chi connectivity index (χ0) is 22.0. The number of hydrogen-bond acceptors (Lipinski definition) is 4. The quantitative estimate of drug-likeness (QED) is 0.685. The van der Waals surface area contributed by atoms with E-state index < -0.39 is 6.04 Å². The van der Waals surface area contributed by atoms with Crippen molar-refractivity contribution < 1.29 is 14.3 Å². The molecule has 2 aromatic carbocycles. The van der Waals surface area contributed by atoms with Crippen LogP contribution in [-0.4, -0.2) is 46.0 Å². The molecule has 0 unspecified atom stereocenters. The van der Waals surface area contributed by atoms with E-state index >= 15 is 0 Å². The molecule has 2 heterocycles. The number of hydrogen-bond donors (Lipinski definition) is 1. The number of nitrogens with one attached hydrogen (secondary N) is 1. The van der Waals surface area contributed by atoms with Gasteiger partial charge in [-0.05, 0) is 57.0 Å². The Labute approximate surface area is 181 Å². The summed E-state index contributed by atoms with van der Waals surface area (Å²) in [5.74, 6) is 0.239. The second-order valence-electron chi connectivity index (χ2n) is 7.82. The van der Waals surface area contributed by atoms with E-state index in [0.29, 0.717) is 24.3 Å². The summed E-state index contributed by atoms with van der Waals surface area (Å²) in [5, 5.41) is 2.94. The summed E-state index contributed by atoms with van der Waals surface area (Å²) < 4.78 is 7.38. The molecule has 4 rings (SSSR count). The Balaban J connectivity index is 1.53. The van der Waals surface area contributed by atoms with Crippen LogP contribution in [0.1, 0.15) is 34.5 Å². The molecule has 1 aliphatic heterocycles. The lowest BCUT2D eigenvalue weighted by Gasteiger charge is -2.24. The zero-order valence-electron chi connectivity index (χ0n) is 18.0. The van der Waals surface area contributed by atoms with Crippen molar-refractivity contribution in [1.82, 2.24) is 14.5 Å². The Hall–Kier alpha value is -3.61. The minimum absolute atomic E-state index is 0.160. The molecule has 1 aromatic heterocycles. The molecule has 2 amide bonds. The fourth-order valence-corrected chi connectivity index (χ4v) is 3.89. The van der Waals surface area contributed by atoms with Crippen molar-refractivity contribution in [1.29, 1.82) is 0 Å². The normalized spacial score (nSPS) is 15.7. The summed E-state index contributed by atoms with van der Waals surface area (Å²) in [7, 11) is 1.57. The van der Waals surface area contributed by atoms with Gasteiger partial charge in [0.2, 0.25) is 5.91 Å². The molecule has 1 N–H and O–H groups in total. The van der Waals surface area contributed by atoms with Crippen LogP contribution in [0.25, 0.3) is 5.69 Å². The van der Waals surface area contributed by atoms with Gasteiger partial charge in [0, 0.05) is 24.0 Å². The summed E-state index contributed by atoms with van der Waals surface area (Å²) in [6, 6.07) is 12.5. The first kappa shape index (κ1) is 20.7. The molecule has 7 heteroatoms. The molecule has 0 spiro atoms. The molecule has 1 saturated heterocycles. The number of methoxy groups -OCH3 is 1. The first-order chi connectivity index (χ1) is 15.0. The van der Waals surface area contributed by atoms with Crippen LogP contribution in [0.15, 0.2) is 55.0 Å². The standard InChI is InChI=1S/C24H26N4O3/c1-16-6-9-19(10-7-16)26-23(29)21-5-4-12-28(21)24(30)18-8-11-20(22(13-18)31-3)27-14-17(2)25-15-27/h6-11,13-15,21H,4-5,12H2,1-3H3,(H,26,29)/t21-/m0/s1. The van der Waals surface area contributed by atoms with E-state index in [-0.39, 0.29) is 11.8 Å². The van der Waals surface area contributed by atoms with E-state index in [1.807, 2.05) is 54.9 Å². The van der Waals surface area contributed by atoms with Crippen LogP contribution in [0.4, 0.5) is 5.69 Å². The van der Waals surface area contributed by atoms with Gasteiger partial charge in [0.1, 0.15) is 11.8 Å². The van der Waals surface area contributed by atoms with E-state index in [1.54, 1.807) is 30.5 Å². The van der Waals surface area contributed by atoms with Crippen molar-refractivity contribution in [3.8, 4) is 11.4 Å². The van der Waals surface area contributed by atoms with E-state index in [2.05, 4.69) is 10.3 Å². The number of aromatic nitrogens is 2. The number of likely N-dealkylation sites (tertiary alicyclic amines) is 1. The number of amides is 2. The topological polar surface area (TPSA) is 76.5 Å². The van der Waals surface area contributed by atoms with Crippen molar-refractivity contribution in [2.24, 2.45) is 0 Å². The molecular weight excluding hydrogens is 392 g/mol. The minimum atomic E-state index is -0.490. The number of nitrogens with zero attached hydrogens (tertiary/aromatic N) is 3. The number of ether oxygens (including phenoxy) is 1. The maximum absolute atomic E-state index is 13.3. The Bertz CT molecular complexity index is 1100. The van der Waals surface area contributed by atoms with Crippen molar-refractivity contribution in [3.05, 3.63) is 71.8 Å². The molecule has 1 atom stereocenters. The van der Waals surface area contributed by atoms with Crippen molar-refractivity contribution in [2.75, 3.05) is 19.0 Å². The number of carbonyl (C=O) groups is 2. The molecule has 31 heavy (non-hydrogen) atoms. The van der Waals surface area contributed by atoms with Crippen LogP contribution in [-0.2, 0) is 4.79 Å². The summed E-state index contributed by atoms with van der Waals surface area (Å²) in [6.45, 7) is 4.46. The van der Waals surface area contributed by atoms with Gasteiger partial charge in [-0.1, -0.05) is 17.7 Å². The predicted molar refractivity (Wildman–Crippen MR) is 119 cm³/mol.